The molecule has 1 aliphatic rings. The van der Waals surface area contributed by atoms with E-state index in [0.29, 0.717) is 26.2 Å². The van der Waals surface area contributed by atoms with Crippen molar-refractivity contribution < 1.29 is 9.18 Å². The van der Waals surface area contributed by atoms with E-state index in [2.05, 4.69) is 5.32 Å². The Morgan fingerprint density at radius 2 is 1.90 bits per heavy atom. The molecule has 60 valence electrons. The number of halogens is 2. The van der Waals surface area contributed by atoms with Crippen LogP contribution in [0.3, 0.4) is 0 Å². The molecule has 0 aromatic heterocycles. The molecule has 1 fully saturated rings. The predicted octanol–water partition coefficient (Wildman–Crippen LogP) is 0.403. The maximum absolute atomic E-state index is 11.8. The Bertz CT molecular complexity index is 116. The summed E-state index contributed by atoms with van der Waals surface area (Å²) in [6.45, 7) is 2.40. The van der Waals surface area contributed by atoms with Gasteiger partial charge >= 0.3 is 6.16 Å². The summed E-state index contributed by atoms with van der Waals surface area (Å²) >= 11 is 0. The summed E-state index contributed by atoms with van der Waals surface area (Å²) in [5.74, 6) is 0. The molecular formula is C5H10ClFN2O. The monoisotopic (exact) mass is 168 g/mol. The van der Waals surface area contributed by atoms with Crippen LogP contribution in [0.15, 0.2) is 0 Å². The van der Waals surface area contributed by atoms with Crippen LogP contribution in [0.5, 0.6) is 0 Å². The van der Waals surface area contributed by atoms with Gasteiger partial charge in [0.2, 0.25) is 0 Å². The van der Waals surface area contributed by atoms with E-state index in [0.717, 1.165) is 0 Å². The smallest absolute Gasteiger partial charge is 0.313 e. The molecule has 0 aliphatic carbocycles. The van der Waals surface area contributed by atoms with Gasteiger partial charge in [-0.3, -0.25) is 0 Å². The fraction of sp³-hybridized carbons (Fsp3) is 0.800. The Morgan fingerprint density at radius 1 is 1.40 bits per heavy atom. The first-order valence-electron chi connectivity index (χ1n) is 2.96. The van der Waals surface area contributed by atoms with Gasteiger partial charge < -0.3 is 10.2 Å². The van der Waals surface area contributed by atoms with E-state index in [4.69, 9.17) is 0 Å². The van der Waals surface area contributed by atoms with Gasteiger partial charge in [-0.05, 0) is 0 Å². The summed E-state index contributed by atoms with van der Waals surface area (Å²) in [4.78, 5) is 11.2. The molecule has 1 amide bonds. The lowest BCUT2D eigenvalue weighted by molar-refractivity contribution is 0.167. The van der Waals surface area contributed by atoms with Gasteiger partial charge in [-0.25, -0.2) is 4.79 Å². The predicted molar refractivity (Wildman–Crippen MR) is 38.2 cm³/mol. The number of carbonyl (C=O) groups is 1. The second-order valence-electron chi connectivity index (χ2n) is 1.99. The van der Waals surface area contributed by atoms with E-state index in [1.54, 1.807) is 0 Å². The van der Waals surface area contributed by atoms with Gasteiger partial charge in [-0.1, -0.05) is 0 Å². The third kappa shape index (κ3) is 2.49. The number of amides is 1. The molecule has 1 saturated heterocycles. The molecule has 0 radical (unpaired) electrons. The number of hydrogen-bond donors (Lipinski definition) is 1. The van der Waals surface area contributed by atoms with Crippen LogP contribution >= 0.6 is 12.4 Å². The van der Waals surface area contributed by atoms with Crippen molar-refractivity contribution >= 4 is 18.6 Å². The van der Waals surface area contributed by atoms with Gasteiger partial charge in [0.25, 0.3) is 0 Å². The average molecular weight is 169 g/mol. The first-order valence-corrected chi connectivity index (χ1v) is 2.96. The molecule has 1 N–H and O–H groups in total. The number of hydrogen-bond acceptors (Lipinski definition) is 2. The molecule has 0 aromatic carbocycles. The van der Waals surface area contributed by atoms with Crippen molar-refractivity contribution in [3.63, 3.8) is 0 Å². The fourth-order valence-electron chi connectivity index (χ4n) is 0.841. The quantitative estimate of drug-likeness (QED) is 0.420. The first-order chi connectivity index (χ1) is 4.30. The van der Waals surface area contributed by atoms with Crippen LogP contribution in [0.4, 0.5) is 9.18 Å². The number of nitrogens with zero attached hydrogens (tertiary/aromatic N) is 1. The van der Waals surface area contributed by atoms with Crippen molar-refractivity contribution in [1.29, 1.82) is 0 Å². The Balaban J connectivity index is 0.000000810. The zero-order chi connectivity index (χ0) is 6.69. The van der Waals surface area contributed by atoms with Crippen molar-refractivity contribution in [1.82, 2.24) is 10.2 Å². The number of piperazine rings is 1. The lowest BCUT2D eigenvalue weighted by Gasteiger charge is -2.23. The van der Waals surface area contributed by atoms with Crippen LogP contribution in [0.25, 0.3) is 0 Å². The van der Waals surface area contributed by atoms with Crippen molar-refractivity contribution in [3.05, 3.63) is 0 Å². The largest absolute Gasteiger partial charge is 0.400 e. The minimum atomic E-state index is -1.31. The van der Waals surface area contributed by atoms with Crippen molar-refractivity contribution in [2.45, 2.75) is 0 Å². The fourth-order valence-corrected chi connectivity index (χ4v) is 0.841. The molecule has 0 atom stereocenters. The van der Waals surface area contributed by atoms with E-state index < -0.39 is 6.16 Å². The molecule has 5 heteroatoms. The molecule has 10 heavy (non-hydrogen) atoms. The van der Waals surface area contributed by atoms with Crippen LogP contribution in [0.1, 0.15) is 0 Å². The van der Waals surface area contributed by atoms with Gasteiger partial charge in [0.05, 0.1) is 0 Å². The highest BCUT2D eigenvalue weighted by Gasteiger charge is 2.13. The van der Waals surface area contributed by atoms with E-state index >= 15 is 0 Å². The molecule has 0 unspecified atom stereocenters. The Hall–Kier alpha value is -0.350. The molecule has 1 aliphatic heterocycles. The maximum Gasteiger partial charge on any atom is 0.400 e. The molecule has 3 nitrogen and oxygen atoms in total. The second-order valence-corrected chi connectivity index (χ2v) is 1.99. The van der Waals surface area contributed by atoms with Gasteiger partial charge in [0.1, 0.15) is 0 Å². The van der Waals surface area contributed by atoms with Crippen LogP contribution in [-0.4, -0.2) is 37.2 Å². The Morgan fingerprint density at radius 3 is 2.20 bits per heavy atom. The molecular weight excluding hydrogens is 159 g/mol. The van der Waals surface area contributed by atoms with Crippen LogP contribution in [0, 0.1) is 0 Å². The minimum Gasteiger partial charge on any atom is -0.313 e. The molecule has 0 saturated carbocycles. The summed E-state index contributed by atoms with van der Waals surface area (Å²) in [6, 6.07) is 0. The lowest BCUT2D eigenvalue weighted by Crippen LogP contribution is -2.44. The normalized spacial score (nSPS) is 17.9. The standard InChI is InChI=1S/C5H9FN2O.ClH/c6-5(9)8-3-1-7-2-4-8;/h7H,1-4H2;1H. The molecule has 0 spiro atoms. The summed E-state index contributed by atoms with van der Waals surface area (Å²) in [5.41, 5.74) is 0. The summed E-state index contributed by atoms with van der Waals surface area (Å²) in [7, 11) is 0. The zero-order valence-corrected chi connectivity index (χ0v) is 6.29. The van der Waals surface area contributed by atoms with E-state index in [1.165, 1.54) is 4.90 Å². The maximum atomic E-state index is 11.8. The van der Waals surface area contributed by atoms with Gasteiger partial charge in [-0.2, -0.15) is 0 Å². The zero-order valence-electron chi connectivity index (χ0n) is 5.47. The summed E-state index contributed by atoms with van der Waals surface area (Å²) in [5, 5.41) is 3.01. The molecule has 0 bridgehead atoms. The number of carbonyl (C=O) groups excluding carboxylic acids is 1. The topological polar surface area (TPSA) is 32.3 Å². The average Bonchev–Trinajstić information content (AvgIpc) is 1.90. The van der Waals surface area contributed by atoms with Crippen LogP contribution in [-0.2, 0) is 0 Å². The SMILES string of the molecule is Cl.O=C(F)N1CCNCC1. The second kappa shape index (κ2) is 4.46. The van der Waals surface area contributed by atoms with Crippen LogP contribution < -0.4 is 5.32 Å². The highest BCUT2D eigenvalue weighted by Crippen LogP contribution is 1.94. The van der Waals surface area contributed by atoms with E-state index in [9.17, 15) is 9.18 Å². The third-order valence-corrected chi connectivity index (χ3v) is 1.37. The van der Waals surface area contributed by atoms with Gasteiger partial charge in [0, 0.05) is 26.2 Å². The first kappa shape index (κ1) is 9.65. The van der Waals surface area contributed by atoms with Crippen molar-refractivity contribution in [2.24, 2.45) is 0 Å². The van der Waals surface area contributed by atoms with Crippen LogP contribution in [0.2, 0.25) is 0 Å². The minimum absolute atomic E-state index is 0. The van der Waals surface area contributed by atoms with E-state index in [-0.39, 0.29) is 12.4 Å². The van der Waals surface area contributed by atoms with Crippen molar-refractivity contribution in [2.75, 3.05) is 26.2 Å². The van der Waals surface area contributed by atoms with E-state index in [1.807, 2.05) is 0 Å². The van der Waals surface area contributed by atoms with Crippen molar-refractivity contribution in [3.8, 4) is 0 Å². The highest BCUT2D eigenvalue weighted by molar-refractivity contribution is 5.85. The lowest BCUT2D eigenvalue weighted by atomic mass is 10.4. The van der Waals surface area contributed by atoms with Gasteiger partial charge in [0.15, 0.2) is 0 Å². The number of nitrogens with one attached hydrogen (secondary N) is 1. The highest BCUT2D eigenvalue weighted by atomic mass is 35.5. The summed E-state index contributed by atoms with van der Waals surface area (Å²) in [6.07, 6.45) is -1.31. The summed E-state index contributed by atoms with van der Waals surface area (Å²) < 4.78 is 11.8. The molecule has 1 heterocycles. The molecule has 1 rings (SSSR count). The third-order valence-electron chi connectivity index (χ3n) is 1.37. The Kier molecular flexibility index (Phi) is 4.31. The molecule has 0 aromatic rings. The number of rotatable bonds is 0. The van der Waals surface area contributed by atoms with Gasteiger partial charge in [-0.15, -0.1) is 16.8 Å². The Labute approximate surface area is 65.0 Å².